The highest BCUT2D eigenvalue weighted by molar-refractivity contribution is 9.10. The van der Waals surface area contributed by atoms with E-state index in [1.165, 1.54) is 0 Å². The van der Waals surface area contributed by atoms with Crippen molar-refractivity contribution in [1.29, 1.82) is 0 Å². The molecule has 0 unspecified atom stereocenters. The van der Waals surface area contributed by atoms with Crippen molar-refractivity contribution in [1.82, 2.24) is 5.32 Å². The fourth-order valence-corrected chi connectivity index (χ4v) is 2.42. The summed E-state index contributed by atoms with van der Waals surface area (Å²) >= 11 is 3.50. The molecule has 0 bridgehead atoms. The maximum absolute atomic E-state index is 5.80. The van der Waals surface area contributed by atoms with E-state index in [0.29, 0.717) is 19.3 Å². The predicted octanol–water partition coefficient (Wildman–Crippen LogP) is 2.90. The lowest BCUT2D eigenvalue weighted by molar-refractivity contribution is 0.0167. The molecule has 0 spiro atoms. The fraction of sp³-hybridized carbons (Fsp3) is 0.571. The van der Waals surface area contributed by atoms with Gasteiger partial charge < -0.3 is 14.8 Å². The summed E-state index contributed by atoms with van der Waals surface area (Å²) in [5.41, 5.74) is 1.14. The van der Waals surface area contributed by atoms with Crippen LogP contribution in [0.25, 0.3) is 0 Å². The average molecular weight is 314 g/mol. The topological polar surface area (TPSA) is 30.5 Å². The third-order valence-corrected chi connectivity index (χ3v) is 4.06. The van der Waals surface area contributed by atoms with Gasteiger partial charge in [-0.3, -0.25) is 0 Å². The van der Waals surface area contributed by atoms with E-state index in [1.807, 2.05) is 25.1 Å². The summed E-state index contributed by atoms with van der Waals surface area (Å²) in [6.45, 7) is 5.46. The van der Waals surface area contributed by atoms with Gasteiger partial charge >= 0.3 is 0 Å². The molecule has 2 rings (SSSR count). The standard InChI is InChI=1S/C14H20BrNO2/c1-11-13(15)3-2-4-14(11)18-10-9-17-12-5-7-16-8-6-12/h2-4,12,16H,5-10H2,1H3. The van der Waals surface area contributed by atoms with E-state index in [1.54, 1.807) is 0 Å². The molecule has 1 aromatic rings. The minimum absolute atomic E-state index is 0.401. The molecule has 0 radical (unpaired) electrons. The Labute approximate surface area is 117 Å². The molecular formula is C14H20BrNO2. The fourth-order valence-electron chi connectivity index (χ4n) is 2.07. The highest BCUT2D eigenvalue weighted by atomic mass is 79.9. The first-order valence-electron chi connectivity index (χ1n) is 6.47. The van der Waals surface area contributed by atoms with Crippen molar-refractivity contribution in [2.45, 2.75) is 25.9 Å². The van der Waals surface area contributed by atoms with Crippen LogP contribution in [-0.4, -0.2) is 32.4 Å². The van der Waals surface area contributed by atoms with Gasteiger partial charge in [-0.15, -0.1) is 0 Å². The van der Waals surface area contributed by atoms with Crippen LogP contribution in [0.4, 0.5) is 0 Å². The van der Waals surface area contributed by atoms with Crippen LogP contribution in [0.3, 0.4) is 0 Å². The van der Waals surface area contributed by atoms with Gasteiger partial charge in [-0.05, 0) is 45.0 Å². The van der Waals surface area contributed by atoms with Gasteiger partial charge in [0.1, 0.15) is 12.4 Å². The molecule has 1 N–H and O–H groups in total. The Morgan fingerprint density at radius 3 is 2.83 bits per heavy atom. The van der Waals surface area contributed by atoms with Crippen molar-refractivity contribution in [2.75, 3.05) is 26.3 Å². The van der Waals surface area contributed by atoms with Crippen LogP contribution in [0.5, 0.6) is 5.75 Å². The molecule has 0 atom stereocenters. The van der Waals surface area contributed by atoms with Gasteiger partial charge in [-0.2, -0.15) is 0 Å². The van der Waals surface area contributed by atoms with E-state index in [-0.39, 0.29) is 0 Å². The van der Waals surface area contributed by atoms with Crippen LogP contribution in [0.1, 0.15) is 18.4 Å². The zero-order chi connectivity index (χ0) is 12.8. The SMILES string of the molecule is Cc1c(Br)cccc1OCCOC1CCNCC1. The summed E-state index contributed by atoms with van der Waals surface area (Å²) in [5.74, 6) is 0.929. The lowest BCUT2D eigenvalue weighted by Gasteiger charge is -2.23. The molecule has 0 aliphatic carbocycles. The van der Waals surface area contributed by atoms with Crippen LogP contribution in [0, 0.1) is 6.92 Å². The van der Waals surface area contributed by atoms with E-state index in [2.05, 4.69) is 21.2 Å². The van der Waals surface area contributed by atoms with Crippen LogP contribution >= 0.6 is 15.9 Å². The Bertz CT molecular complexity index is 378. The van der Waals surface area contributed by atoms with Crippen molar-refractivity contribution in [3.8, 4) is 5.75 Å². The number of nitrogens with one attached hydrogen (secondary N) is 1. The Morgan fingerprint density at radius 1 is 1.28 bits per heavy atom. The molecule has 18 heavy (non-hydrogen) atoms. The van der Waals surface area contributed by atoms with Crippen molar-refractivity contribution < 1.29 is 9.47 Å². The van der Waals surface area contributed by atoms with E-state index in [9.17, 15) is 0 Å². The first-order valence-corrected chi connectivity index (χ1v) is 7.27. The number of ether oxygens (including phenoxy) is 2. The Morgan fingerprint density at radius 2 is 2.06 bits per heavy atom. The summed E-state index contributed by atoms with van der Waals surface area (Å²) in [6.07, 6.45) is 2.62. The minimum Gasteiger partial charge on any atom is -0.491 e. The summed E-state index contributed by atoms with van der Waals surface area (Å²) in [4.78, 5) is 0. The van der Waals surface area contributed by atoms with Crippen molar-refractivity contribution in [3.05, 3.63) is 28.2 Å². The normalized spacial score (nSPS) is 16.8. The quantitative estimate of drug-likeness (QED) is 0.848. The van der Waals surface area contributed by atoms with Gasteiger partial charge in [0, 0.05) is 10.0 Å². The molecular weight excluding hydrogens is 294 g/mol. The van der Waals surface area contributed by atoms with Gasteiger partial charge in [0.05, 0.1) is 12.7 Å². The number of hydrogen-bond acceptors (Lipinski definition) is 3. The Kier molecular flexibility index (Phi) is 5.47. The molecule has 1 heterocycles. The molecule has 1 aromatic carbocycles. The third-order valence-electron chi connectivity index (χ3n) is 3.20. The molecule has 0 amide bonds. The number of piperidine rings is 1. The van der Waals surface area contributed by atoms with Crippen LogP contribution < -0.4 is 10.1 Å². The second kappa shape index (κ2) is 7.12. The van der Waals surface area contributed by atoms with Crippen LogP contribution in [0.2, 0.25) is 0 Å². The van der Waals surface area contributed by atoms with Crippen molar-refractivity contribution in [2.24, 2.45) is 0 Å². The number of rotatable bonds is 5. The Hall–Kier alpha value is -0.580. The molecule has 0 saturated carbocycles. The van der Waals surface area contributed by atoms with E-state index in [0.717, 1.165) is 41.7 Å². The number of halogens is 1. The average Bonchev–Trinajstić information content (AvgIpc) is 2.40. The zero-order valence-corrected chi connectivity index (χ0v) is 12.3. The van der Waals surface area contributed by atoms with Gasteiger partial charge in [0.15, 0.2) is 0 Å². The van der Waals surface area contributed by atoms with Crippen molar-refractivity contribution in [3.63, 3.8) is 0 Å². The lowest BCUT2D eigenvalue weighted by Crippen LogP contribution is -2.33. The Balaban J connectivity index is 1.70. The van der Waals surface area contributed by atoms with E-state index in [4.69, 9.17) is 9.47 Å². The maximum atomic E-state index is 5.80. The smallest absolute Gasteiger partial charge is 0.123 e. The molecule has 1 aliphatic heterocycles. The molecule has 3 nitrogen and oxygen atoms in total. The molecule has 0 aromatic heterocycles. The highest BCUT2D eigenvalue weighted by Crippen LogP contribution is 2.25. The highest BCUT2D eigenvalue weighted by Gasteiger charge is 2.12. The first-order chi connectivity index (χ1) is 8.77. The van der Waals surface area contributed by atoms with Gasteiger partial charge in [-0.25, -0.2) is 0 Å². The lowest BCUT2D eigenvalue weighted by atomic mass is 10.1. The third kappa shape index (κ3) is 3.97. The van der Waals surface area contributed by atoms with E-state index >= 15 is 0 Å². The summed E-state index contributed by atoms with van der Waals surface area (Å²) in [6, 6.07) is 6.00. The minimum atomic E-state index is 0.401. The molecule has 1 fully saturated rings. The molecule has 1 saturated heterocycles. The van der Waals surface area contributed by atoms with E-state index < -0.39 is 0 Å². The predicted molar refractivity (Wildman–Crippen MR) is 76.2 cm³/mol. The number of benzene rings is 1. The molecule has 100 valence electrons. The second-order valence-corrected chi connectivity index (χ2v) is 5.39. The van der Waals surface area contributed by atoms with Crippen molar-refractivity contribution >= 4 is 15.9 Å². The number of hydrogen-bond donors (Lipinski definition) is 1. The molecule has 1 aliphatic rings. The zero-order valence-electron chi connectivity index (χ0n) is 10.7. The summed E-state index contributed by atoms with van der Waals surface area (Å²) in [7, 11) is 0. The monoisotopic (exact) mass is 313 g/mol. The maximum Gasteiger partial charge on any atom is 0.123 e. The second-order valence-electron chi connectivity index (χ2n) is 4.53. The van der Waals surface area contributed by atoms with Gasteiger partial charge in [0.25, 0.3) is 0 Å². The van der Waals surface area contributed by atoms with Crippen LogP contribution in [0.15, 0.2) is 22.7 Å². The summed E-state index contributed by atoms with van der Waals surface area (Å²) < 4.78 is 12.6. The molecule has 4 heteroatoms. The van der Waals surface area contributed by atoms with Gasteiger partial charge in [0.2, 0.25) is 0 Å². The van der Waals surface area contributed by atoms with Gasteiger partial charge in [-0.1, -0.05) is 22.0 Å². The summed E-state index contributed by atoms with van der Waals surface area (Å²) in [5, 5.41) is 3.33. The largest absolute Gasteiger partial charge is 0.491 e. The van der Waals surface area contributed by atoms with Crippen LogP contribution in [-0.2, 0) is 4.74 Å². The first kappa shape index (κ1) is 13.8.